The summed E-state index contributed by atoms with van der Waals surface area (Å²) >= 11 is 0. The zero-order valence-corrected chi connectivity index (χ0v) is 14.1. The fourth-order valence-electron chi connectivity index (χ4n) is 3.28. The molecule has 0 unspecified atom stereocenters. The van der Waals surface area contributed by atoms with Gasteiger partial charge in [0.15, 0.2) is 0 Å². The number of hydrogen-bond acceptors (Lipinski definition) is 2. The Morgan fingerprint density at radius 1 is 1.22 bits per heavy atom. The number of rotatable bonds is 4. The van der Waals surface area contributed by atoms with Crippen molar-refractivity contribution in [3.8, 4) is 5.69 Å². The Kier molecular flexibility index (Phi) is 4.79. The molecule has 1 saturated heterocycles. The van der Waals surface area contributed by atoms with E-state index in [2.05, 4.69) is 31.1 Å². The smallest absolute Gasteiger partial charge is 0.257 e. The van der Waals surface area contributed by atoms with E-state index >= 15 is 0 Å². The van der Waals surface area contributed by atoms with Crippen LogP contribution in [-0.4, -0.2) is 33.7 Å². The van der Waals surface area contributed by atoms with E-state index in [-0.39, 0.29) is 5.91 Å². The summed E-state index contributed by atoms with van der Waals surface area (Å²) in [6.07, 6.45) is 7.07. The molecule has 2 aromatic rings. The predicted molar refractivity (Wildman–Crippen MR) is 92.1 cm³/mol. The van der Waals surface area contributed by atoms with Crippen LogP contribution in [0.5, 0.6) is 0 Å². The molecule has 1 aromatic heterocycles. The molecule has 0 spiro atoms. The summed E-state index contributed by atoms with van der Waals surface area (Å²) < 4.78 is 1.94. The maximum absolute atomic E-state index is 12.9. The van der Waals surface area contributed by atoms with Gasteiger partial charge in [-0.15, -0.1) is 0 Å². The molecule has 0 N–H and O–H groups in total. The second-order valence-corrected chi connectivity index (χ2v) is 6.36. The number of nitrogens with zero attached hydrogens (tertiary/aromatic N) is 3. The summed E-state index contributed by atoms with van der Waals surface area (Å²) in [4.78, 5) is 14.9. The van der Waals surface area contributed by atoms with Gasteiger partial charge in [0.25, 0.3) is 5.91 Å². The molecule has 122 valence electrons. The van der Waals surface area contributed by atoms with Crippen molar-refractivity contribution in [2.75, 3.05) is 13.1 Å². The van der Waals surface area contributed by atoms with E-state index in [0.717, 1.165) is 55.7 Å². The lowest BCUT2D eigenvalue weighted by Crippen LogP contribution is -2.36. The van der Waals surface area contributed by atoms with Crippen molar-refractivity contribution in [1.82, 2.24) is 14.7 Å². The molecule has 0 saturated carbocycles. The van der Waals surface area contributed by atoms with E-state index in [1.165, 1.54) is 12.0 Å². The second kappa shape index (κ2) is 6.99. The average molecular weight is 311 g/mol. The number of amides is 1. The number of piperidine rings is 1. The molecular formula is C19H25N3O. The number of carbonyl (C=O) groups excluding carboxylic acids is 1. The largest absolute Gasteiger partial charge is 0.339 e. The third kappa shape index (κ3) is 3.31. The van der Waals surface area contributed by atoms with Crippen LogP contribution in [0.4, 0.5) is 0 Å². The Morgan fingerprint density at radius 2 is 2.00 bits per heavy atom. The number of aromatic nitrogens is 2. The minimum absolute atomic E-state index is 0.145. The van der Waals surface area contributed by atoms with Gasteiger partial charge in [0, 0.05) is 13.1 Å². The SMILES string of the molecule is CCCc1c(C(=O)N2CCCCC2)cnn1-c1cccc(C)c1. The molecular weight excluding hydrogens is 286 g/mol. The zero-order chi connectivity index (χ0) is 16.2. The first-order chi connectivity index (χ1) is 11.2. The van der Waals surface area contributed by atoms with Crippen LogP contribution in [0, 0.1) is 6.92 Å². The molecule has 4 nitrogen and oxygen atoms in total. The van der Waals surface area contributed by atoms with E-state index in [4.69, 9.17) is 0 Å². The number of hydrogen-bond donors (Lipinski definition) is 0. The zero-order valence-electron chi connectivity index (χ0n) is 14.1. The molecule has 3 rings (SSSR count). The second-order valence-electron chi connectivity index (χ2n) is 6.36. The summed E-state index contributed by atoms with van der Waals surface area (Å²) in [6, 6.07) is 8.27. The minimum Gasteiger partial charge on any atom is -0.339 e. The Morgan fingerprint density at radius 3 is 2.70 bits per heavy atom. The summed E-state index contributed by atoms with van der Waals surface area (Å²) in [5, 5.41) is 4.53. The fourth-order valence-corrected chi connectivity index (χ4v) is 3.28. The van der Waals surface area contributed by atoms with Crippen molar-refractivity contribution in [2.24, 2.45) is 0 Å². The van der Waals surface area contributed by atoms with Crippen molar-refractivity contribution in [2.45, 2.75) is 46.0 Å². The molecule has 1 amide bonds. The van der Waals surface area contributed by atoms with Crippen LogP contribution in [-0.2, 0) is 6.42 Å². The van der Waals surface area contributed by atoms with Crippen LogP contribution in [0.1, 0.15) is 54.2 Å². The fraction of sp³-hybridized carbons (Fsp3) is 0.474. The highest BCUT2D eigenvalue weighted by molar-refractivity contribution is 5.95. The molecule has 4 heteroatoms. The summed E-state index contributed by atoms with van der Waals surface area (Å²) in [6.45, 7) is 5.97. The first kappa shape index (κ1) is 15.8. The molecule has 2 heterocycles. The molecule has 1 aliphatic rings. The lowest BCUT2D eigenvalue weighted by molar-refractivity contribution is 0.0723. The van der Waals surface area contributed by atoms with Crippen LogP contribution in [0.15, 0.2) is 30.5 Å². The van der Waals surface area contributed by atoms with Crippen molar-refractivity contribution < 1.29 is 4.79 Å². The number of benzene rings is 1. The molecule has 0 radical (unpaired) electrons. The van der Waals surface area contributed by atoms with Crippen LogP contribution in [0.25, 0.3) is 5.69 Å². The molecule has 1 aliphatic heterocycles. The van der Waals surface area contributed by atoms with E-state index < -0.39 is 0 Å². The van der Waals surface area contributed by atoms with Gasteiger partial charge >= 0.3 is 0 Å². The maximum Gasteiger partial charge on any atom is 0.257 e. The lowest BCUT2D eigenvalue weighted by atomic mass is 10.1. The first-order valence-corrected chi connectivity index (χ1v) is 8.64. The third-order valence-electron chi connectivity index (χ3n) is 4.48. The van der Waals surface area contributed by atoms with Crippen molar-refractivity contribution in [1.29, 1.82) is 0 Å². The van der Waals surface area contributed by atoms with Crippen LogP contribution in [0.3, 0.4) is 0 Å². The standard InChI is InChI=1S/C19H25N3O/c1-3-8-18-17(19(23)21-11-5-4-6-12-21)14-20-22(18)16-10-7-9-15(2)13-16/h7,9-10,13-14H,3-6,8,11-12H2,1-2H3. The van der Waals surface area contributed by atoms with Crippen LogP contribution < -0.4 is 0 Å². The Hall–Kier alpha value is -2.10. The third-order valence-corrected chi connectivity index (χ3v) is 4.48. The highest BCUT2D eigenvalue weighted by Gasteiger charge is 2.23. The van der Waals surface area contributed by atoms with Gasteiger partial charge < -0.3 is 4.90 Å². The number of aryl methyl sites for hydroxylation is 1. The van der Waals surface area contributed by atoms with Crippen molar-refractivity contribution >= 4 is 5.91 Å². The topological polar surface area (TPSA) is 38.1 Å². The normalized spacial score (nSPS) is 15.0. The maximum atomic E-state index is 12.9. The highest BCUT2D eigenvalue weighted by atomic mass is 16.2. The van der Waals surface area contributed by atoms with Gasteiger partial charge in [-0.1, -0.05) is 25.5 Å². The monoisotopic (exact) mass is 311 g/mol. The van der Waals surface area contributed by atoms with Crippen molar-refractivity contribution in [3.63, 3.8) is 0 Å². The summed E-state index contributed by atoms with van der Waals surface area (Å²) in [5.41, 5.74) is 4.04. The van der Waals surface area contributed by atoms with Gasteiger partial charge in [0.05, 0.1) is 23.1 Å². The van der Waals surface area contributed by atoms with Crippen molar-refractivity contribution in [3.05, 3.63) is 47.3 Å². The van der Waals surface area contributed by atoms with Gasteiger partial charge in [-0.05, 0) is 50.3 Å². The molecule has 0 aliphatic carbocycles. The van der Waals surface area contributed by atoms with E-state index in [1.54, 1.807) is 6.20 Å². The van der Waals surface area contributed by atoms with Gasteiger partial charge in [0.1, 0.15) is 0 Å². The molecule has 0 atom stereocenters. The first-order valence-electron chi connectivity index (χ1n) is 8.64. The number of carbonyl (C=O) groups is 1. The van der Waals surface area contributed by atoms with Gasteiger partial charge in [0.2, 0.25) is 0 Å². The quantitative estimate of drug-likeness (QED) is 0.862. The molecule has 1 aromatic carbocycles. The van der Waals surface area contributed by atoms with E-state index in [1.807, 2.05) is 21.7 Å². The predicted octanol–water partition coefficient (Wildman–Crippen LogP) is 3.76. The van der Waals surface area contributed by atoms with Gasteiger partial charge in [-0.25, -0.2) is 4.68 Å². The highest BCUT2D eigenvalue weighted by Crippen LogP contribution is 2.21. The van der Waals surface area contributed by atoms with Gasteiger partial charge in [-0.2, -0.15) is 5.10 Å². The molecule has 1 fully saturated rings. The summed E-state index contributed by atoms with van der Waals surface area (Å²) in [5.74, 6) is 0.145. The summed E-state index contributed by atoms with van der Waals surface area (Å²) in [7, 11) is 0. The van der Waals surface area contributed by atoms with Crippen LogP contribution in [0.2, 0.25) is 0 Å². The molecule has 23 heavy (non-hydrogen) atoms. The Bertz CT molecular complexity index is 684. The average Bonchev–Trinajstić information content (AvgIpc) is 2.99. The molecule has 0 bridgehead atoms. The van der Waals surface area contributed by atoms with Crippen LogP contribution >= 0.6 is 0 Å². The Balaban J connectivity index is 1.96. The van der Waals surface area contributed by atoms with E-state index in [9.17, 15) is 4.79 Å². The Labute approximate surface area is 138 Å². The minimum atomic E-state index is 0.145. The lowest BCUT2D eigenvalue weighted by Gasteiger charge is -2.26. The van der Waals surface area contributed by atoms with E-state index in [0.29, 0.717) is 0 Å². The van der Waals surface area contributed by atoms with Gasteiger partial charge in [-0.3, -0.25) is 4.79 Å². The number of likely N-dealkylation sites (tertiary alicyclic amines) is 1.